The normalized spacial score (nSPS) is 19.0. The van der Waals surface area contributed by atoms with Crippen molar-refractivity contribution < 1.29 is 28.7 Å². The third-order valence-electron chi connectivity index (χ3n) is 7.85. The van der Waals surface area contributed by atoms with Gasteiger partial charge in [0.1, 0.15) is 0 Å². The Kier molecular flexibility index (Phi) is 5.87. The van der Waals surface area contributed by atoms with Crippen LogP contribution in [0.25, 0.3) is 0 Å². The second-order valence-electron chi connectivity index (χ2n) is 10.0. The van der Waals surface area contributed by atoms with Crippen LogP contribution < -0.4 is 19.6 Å². The van der Waals surface area contributed by atoms with Crippen LogP contribution >= 0.6 is 0 Å². The number of imide groups is 2. The van der Waals surface area contributed by atoms with Gasteiger partial charge in [0.25, 0.3) is 23.6 Å². The number of benzene rings is 3. The van der Waals surface area contributed by atoms with Crippen LogP contribution in [0, 0.1) is 0 Å². The molecule has 4 heterocycles. The molecule has 2 saturated heterocycles. The van der Waals surface area contributed by atoms with E-state index in [0.29, 0.717) is 97.6 Å². The van der Waals surface area contributed by atoms with Crippen LogP contribution in [-0.4, -0.2) is 76.2 Å². The van der Waals surface area contributed by atoms with Gasteiger partial charge in [0.15, 0.2) is 0 Å². The van der Waals surface area contributed by atoms with Gasteiger partial charge >= 0.3 is 0 Å². The highest BCUT2D eigenvalue weighted by molar-refractivity contribution is 6.37. The van der Waals surface area contributed by atoms with Crippen LogP contribution in [0.4, 0.5) is 22.7 Å². The number of morpholine rings is 2. The number of ether oxygens (including phenoxy) is 2. The van der Waals surface area contributed by atoms with Crippen molar-refractivity contribution in [2.75, 3.05) is 72.2 Å². The quantitative estimate of drug-likeness (QED) is 0.468. The lowest BCUT2D eigenvalue weighted by molar-refractivity contribution is 0.0912. The van der Waals surface area contributed by atoms with Crippen molar-refractivity contribution in [1.29, 1.82) is 0 Å². The smallest absolute Gasteiger partial charge is 0.266 e. The van der Waals surface area contributed by atoms with Gasteiger partial charge in [0, 0.05) is 26.2 Å². The lowest BCUT2D eigenvalue weighted by atomic mass is 10.1. The fourth-order valence-corrected chi connectivity index (χ4v) is 5.84. The molecule has 10 heteroatoms. The number of amides is 4. The number of carbonyl (C=O) groups is 4. The molecular weight excluding hydrogens is 512 g/mol. The molecule has 0 spiro atoms. The number of rotatable bonds is 4. The minimum Gasteiger partial charge on any atom is -0.378 e. The van der Waals surface area contributed by atoms with E-state index >= 15 is 0 Å². The zero-order chi connectivity index (χ0) is 27.4. The molecule has 0 radical (unpaired) electrons. The lowest BCUT2D eigenvalue weighted by Crippen LogP contribution is -2.41. The molecule has 0 saturated carbocycles. The van der Waals surface area contributed by atoms with E-state index in [1.54, 1.807) is 54.6 Å². The molecule has 40 heavy (non-hydrogen) atoms. The maximum atomic E-state index is 13.7. The Morgan fingerprint density at radius 1 is 0.450 bits per heavy atom. The highest BCUT2D eigenvalue weighted by Crippen LogP contribution is 2.45. The molecular formula is C30H26N4O6. The maximum Gasteiger partial charge on any atom is 0.266 e. The van der Waals surface area contributed by atoms with Crippen LogP contribution in [0.15, 0.2) is 60.7 Å². The minimum atomic E-state index is -0.442. The molecule has 0 bridgehead atoms. The first-order chi connectivity index (χ1) is 19.5. The van der Waals surface area contributed by atoms with Gasteiger partial charge in [-0.05, 0) is 36.4 Å². The van der Waals surface area contributed by atoms with Crippen molar-refractivity contribution in [3.63, 3.8) is 0 Å². The summed E-state index contributed by atoms with van der Waals surface area (Å²) in [7, 11) is 0. The zero-order valence-electron chi connectivity index (χ0n) is 21.7. The van der Waals surface area contributed by atoms with Gasteiger partial charge in [-0.25, -0.2) is 9.80 Å². The molecule has 4 amide bonds. The highest BCUT2D eigenvalue weighted by Gasteiger charge is 2.42. The van der Waals surface area contributed by atoms with E-state index in [-0.39, 0.29) is 0 Å². The van der Waals surface area contributed by atoms with E-state index in [4.69, 9.17) is 9.47 Å². The molecule has 0 atom stereocenters. The summed E-state index contributed by atoms with van der Waals surface area (Å²) in [6, 6.07) is 17.0. The lowest BCUT2D eigenvalue weighted by Gasteiger charge is -2.37. The second-order valence-corrected chi connectivity index (χ2v) is 10.0. The van der Waals surface area contributed by atoms with E-state index in [0.717, 1.165) is 0 Å². The van der Waals surface area contributed by atoms with Gasteiger partial charge in [-0.3, -0.25) is 19.2 Å². The third-order valence-corrected chi connectivity index (χ3v) is 7.85. The maximum absolute atomic E-state index is 13.7. The van der Waals surface area contributed by atoms with E-state index in [9.17, 15) is 19.2 Å². The van der Waals surface area contributed by atoms with Crippen molar-refractivity contribution >= 4 is 46.4 Å². The predicted octanol–water partition coefficient (Wildman–Crippen LogP) is 2.96. The molecule has 7 rings (SSSR count). The molecule has 2 fully saturated rings. The number of hydrogen-bond acceptors (Lipinski definition) is 8. The Morgan fingerprint density at radius 3 is 1.07 bits per heavy atom. The van der Waals surface area contributed by atoms with Gasteiger partial charge in [0.05, 0.1) is 71.4 Å². The van der Waals surface area contributed by atoms with E-state index in [1.807, 2.05) is 6.07 Å². The SMILES string of the molecule is O=C1c2ccccc2C(=O)N1c1cc(N2C(=O)c3ccccc3C2=O)c(N2CCOCC2)cc1N1CCOCC1. The fraction of sp³-hybridized carbons (Fsp3) is 0.267. The summed E-state index contributed by atoms with van der Waals surface area (Å²) >= 11 is 0. The van der Waals surface area contributed by atoms with Crippen molar-refractivity contribution in [2.45, 2.75) is 0 Å². The Hall–Kier alpha value is -4.54. The van der Waals surface area contributed by atoms with Crippen molar-refractivity contribution in [3.8, 4) is 0 Å². The Bertz CT molecular complexity index is 1390. The highest BCUT2D eigenvalue weighted by atomic mass is 16.5. The molecule has 0 aromatic heterocycles. The molecule has 3 aromatic carbocycles. The second kappa shape index (κ2) is 9.58. The summed E-state index contributed by atoms with van der Waals surface area (Å²) in [4.78, 5) is 61.1. The van der Waals surface area contributed by atoms with Gasteiger partial charge in [-0.2, -0.15) is 0 Å². The zero-order valence-corrected chi connectivity index (χ0v) is 21.7. The van der Waals surface area contributed by atoms with Crippen molar-refractivity contribution in [2.24, 2.45) is 0 Å². The number of hydrogen-bond donors (Lipinski definition) is 0. The Morgan fingerprint density at radius 2 is 0.750 bits per heavy atom. The summed E-state index contributed by atoms with van der Waals surface area (Å²) < 4.78 is 11.2. The van der Waals surface area contributed by atoms with Crippen LogP contribution in [0.1, 0.15) is 41.4 Å². The molecule has 3 aromatic rings. The van der Waals surface area contributed by atoms with Crippen LogP contribution in [0.3, 0.4) is 0 Å². The van der Waals surface area contributed by atoms with Crippen LogP contribution in [-0.2, 0) is 9.47 Å². The third kappa shape index (κ3) is 3.71. The van der Waals surface area contributed by atoms with E-state index in [1.165, 1.54) is 9.80 Å². The molecule has 0 unspecified atom stereocenters. The average Bonchev–Trinajstić information content (AvgIpc) is 3.41. The summed E-state index contributed by atoms with van der Waals surface area (Å²) in [5, 5.41) is 0. The largest absolute Gasteiger partial charge is 0.378 e. The number of anilines is 4. The number of nitrogens with zero attached hydrogens (tertiary/aromatic N) is 4. The number of carbonyl (C=O) groups excluding carboxylic acids is 4. The predicted molar refractivity (Wildman–Crippen MR) is 148 cm³/mol. The summed E-state index contributed by atoms with van der Waals surface area (Å²) in [5.41, 5.74) is 3.27. The Balaban J connectivity index is 1.44. The van der Waals surface area contributed by atoms with Crippen molar-refractivity contribution in [1.82, 2.24) is 0 Å². The molecule has 4 aliphatic rings. The van der Waals surface area contributed by atoms with Gasteiger partial charge in [-0.1, -0.05) is 24.3 Å². The molecule has 202 valence electrons. The summed E-state index contributed by atoms with van der Waals surface area (Å²) in [5.74, 6) is -1.77. The van der Waals surface area contributed by atoms with Crippen molar-refractivity contribution in [3.05, 3.63) is 82.9 Å². The average molecular weight is 539 g/mol. The van der Waals surface area contributed by atoms with E-state index < -0.39 is 23.6 Å². The van der Waals surface area contributed by atoms with Crippen LogP contribution in [0.2, 0.25) is 0 Å². The first kappa shape index (κ1) is 24.5. The van der Waals surface area contributed by atoms with Gasteiger partial charge < -0.3 is 19.3 Å². The molecule has 10 nitrogen and oxygen atoms in total. The van der Waals surface area contributed by atoms with Crippen LogP contribution in [0.5, 0.6) is 0 Å². The topological polar surface area (TPSA) is 99.7 Å². The molecule has 4 aliphatic heterocycles. The summed E-state index contributed by atoms with van der Waals surface area (Å²) in [6.07, 6.45) is 0. The van der Waals surface area contributed by atoms with Gasteiger partial charge in [0.2, 0.25) is 0 Å². The first-order valence-corrected chi connectivity index (χ1v) is 13.3. The Labute approximate surface area is 230 Å². The summed E-state index contributed by atoms with van der Waals surface area (Å²) in [6.45, 7) is 4.22. The fourth-order valence-electron chi connectivity index (χ4n) is 5.84. The van der Waals surface area contributed by atoms with E-state index in [2.05, 4.69) is 9.80 Å². The standard InChI is InChI=1S/C30H26N4O6/c35-27-19-5-1-2-6-20(19)28(36)33(27)25-18-26(34-29(37)21-7-3-4-8-22(21)30(34)38)24(32-11-15-40-16-12-32)17-23(25)31-9-13-39-14-10-31/h1-8,17-18H,9-16H2. The van der Waals surface area contributed by atoms with Gasteiger partial charge in [-0.15, -0.1) is 0 Å². The minimum absolute atomic E-state index is 0.319. The monoisotopic (exact) mass is 538 g/mol. The molecule has 0 N–H and O–H groups in total. The first-order valence-electron chi connectivity index (χ1n) is 13.3. The number of fused-ring (bicyclic) bond motifs is 2. The molecule has 0 aliphatic carbocycles.